The highest BCUT2D eigenvalue weighted by atomic mass is 19.1. The molecule has 2 N–H and O–H groups in total. The molecular weight excluding hydrogens is 381 g/mol. The van der Waals surface area contributed by atoms with Gasteiger partial charge in [-0.05, 0) is 36.4 Å². The van der Waals surface area contributed by atoms with Crippen LogP contribution in [-0.2, 0) is 9.59 Å². The van der Waals surface area contributed by atoms with Crippen LogP contribution in [0.1, 0.15) is 16.8 Å². The van der Waals surface area contributed by atoms with Gasteiger partial charge in [-0.3, -0.25) is 25.2 Å². The van der Waals surface area contributed by atoms with E-state index in [0.29, 0.717) is 30.4 Å². The molecule has 2 aliphatic heterocycles. The molecule has 8 nitrogen and oxygen atoms in total. The summed E-state index contributed by atoms with van der Waals surface area (Å²) < 4.78 is 23.9. The van der Waals surface area contributed by atoms with Gasteiger partial charge in [-0.1, -0.05) is 0 Å². The van der Waals surface area contributed by atoms with E-state index in [2.05, 4.69) is 10.9 Å². The number of halogens is 1. The normalized spacial score (nSPS) is 17.8. The molecule has 0 unspecified atom stereocenters. The first kappa shape index (κ1) is 18.7. The molecule has 9 heteroatoms. The van der Waals surface area contributed by atoms with E-state index >= 15 is 0 Å². The van der Waals surface area contributed by atoms with Crippen molar-refractivity contribution in [3.8, 4) is 11.5 Å². The molecule has 1 atom stereocenters. The molecule has 2 aromatic rings. The monoisotopic (exact) mass is 399 g/mol. The van der Waals surface area contributed by atoms with Gasteiger partial charge in [0.2, 0.25) is 11.8 Å². The molecule has 0 aliphatic carbocycles. The fourth-order valence-corrected chi connectivity index (χ4v) is 3.23. The fraction of sp³-hybridized carbons (Fsp3) is 0.250. The molecule has 1 fully saturated rings. The van der Waals surface area contributed by atoms with E-state index in [-0.39, 0.29) is 24.4 Å². The second-order valence-electron chi connectivity index (χ2n) is 6.68. The number of anilines is 1. The van der Waals surface area contributed by atoms with Gasteiger partial charge in [0.1, 0.15) is 19.0 Å². The Morgan fingerprint density at radius 2 is 1.72 bits per heavy atom. The number of amides is 3. The molecular formula is C20H18FN3O5. The average Bonchev–Trinajstić information content (AvgIpc) is 3.13. The number of hydrogen-bond donors (Lipinski definition) is 2. The summed E-state index contributed by atoms with van der Waals surface area (Å²) in [6.45, 7) is 1.08. The summed E-state index contributed by atoms with van der Waals surface area (Å²) >= 11 is 0. The first-order chi connectivity index (χ1) is 14.0. The van der Waals surface area contributed by atoms with E-state index in [1.165, 1.54) is 17.0 Å². The summed E-state index contributed by atoms with van der Waals surface area (Å²) in [4.78, 5) is 38.3. The van der Waals surface area contributed by atoms with Crippen LogP contribution in [0.15, 0.2) is 42.5 Å². The Kier molecular flexibility index (Phi) is 5.03. The third kappa shape index (κ3) is 3.98. The van der Waals surface area contributed by atoms with Crippen molar-refractivity contribution in [1.29, 1.82) is 0 Å². The molecule has 0 aromatic heterocycles. The maximum atomic E-state index is 12.9. The number of carbonyl (C=O) groups is 3. The lowest BCUT2D eigenvalue weighted by Gasteiger charge is -2.22. The maximum absolute atomic E-state index is 12.9. The Bertz CT molecular complexity index is 963. The summed E-state index contributed by atoms with van der Waals surface area (Å²) in [6, 6.07) is 10.1. The topological polar surface area (TPSA) is 97.0 Å². The highest BCUT2D eigenvalue weighted by molar-refractivity contribution is 6.01. The van der Waals surface area contributed by atoms with Crippen molar-refractivity contribution in [3.63, 3.8) is 0 Å². The van der Waals surface area contributed by atoms with Gasteiger partial charge in [0, 0.05) is 30.3 Å². The van der Waals surface area contributed by atoms with Crippen molar-refractivity contribution in [3.05, 3.63) is 53.8 Å². The zero-order valence-electron chi connectivity index (χ0n) is 15.3. The molecule has 0 spiro atoms. The van der Waals surface area contributed by atoms with Crippen LogP contribution >= 0.6 is 0 Å². The van der Waals surface area contributed by atoms with Crippen molar-refractivity contribution in [2.24, 2.45) is 5.92 Å². The molecule has 0 saturated carbocycles. The molecule has 2 aromatic carbocycles. The van der Waals surface area contributed by atoms with E-state index in [0.717, 1.165) is 12.1 Å². The van der Waals surface area contributed by atoms with Crippen molar-refractivity contribution in [1.82, 2.24) is 10.9 Å². The van der Waals surface area contributed by atoms with Crippen LogP contribution in [0.4, 0.5) is 10.1 Å². The second kappa shape index (κ2) is 7.78. The van der Waals surface area contributed by atoms with Crippen molar-refractivity contribution in [2.75, 3.05) is 24.7 Å². The van der Waals surface area contributed by atoms with Gasteiger partial charge >= 0.3 is 0 Å². The minimum absolute atomic E-state index is 0.0205. The van der Waals surface area contributed by atoms with Crippen LogP contribution in [0.3, 0.4) is 0 Å². The summed E-state index contributed by atoms with van der Waals surface area (Å²) in [5, 5.41) is 0. The standard InChI is InChI=1S/C20H18FN3O5/c21-14-3-1-12(2-4-14)19(26)22-23-20(27)13-9-18(25)24(11-13)15-5-6-16-17(10-15)29-8-7-28-16/h1-6,10,13H,7-9,11H2,(H,22,26)(H,23,27)/t13-/m0/s1. The highest BCUT2D eigenvalue weighted by Gasteiger charge is 2.35. The maximum Gasteiger partial charge on any atom is 0.269 e. The first-order valence-corrected chi connectivity index (χ1v) is 9.07. The van der Waals surface area contributed by atoms with E-state index in [1.54, 1.807) is 18.2 Å². The average molecular weight is 399 g/mol. The molecule has 1 saturated heterocycles. The Morgan fingerprint density at radius 3 is 2.48 bits per heavy atom. The summed E-state index contributed by atoms with van der Waals surface area (Å²) in [5.74, 6) is -1.17. The molecule has 0 radical (unpaired) electrons. The van der Waals surface area contributed by atoms with E-state index in [4.69, 9.17) is 9.47 Å². The second-order valence-corrected chi connectivity index (χ2v) is 6.68. The van der Waals surface area contributed by atoms with Crippen molar-refractivity contribution < 1.29 is 28.2 Å². The molecule has 4 rings (SSSR count). The summed E-state index contributed by atoms with van der Waals surface area (Å²) in [5.41, 5.74) is 5.42. The Hall–Kier alpha value is -3.62. The Balaban J connectivity index is 1.36. The SMILES string of the molecule is O=C(NNC(=O)[C@H]1CC(=O)N(c2ccc3c(c2)OCCO3)C1)c1ccc(F)cc1. The van der Waals surface area contributed by atoms with Gasteiger partial charge in [-0.2, -0.15) is 0 Å². The lowest BCUT2D eigenvalue weighted by atomic mass is 10.1. The number of nitrogens with zero attached hydrogens (tertiary/aromatic N) is 1. The molecule has 150 valence electrons. The zero-order valence-corrected chi connectivity index (χ0v) is 15.3. The number of ether oxygens (including phenoxy) is 2. The molecule has 29 heavy (non-hydrogen) atoms. The van der Waals surface area contributed by atoms with Gasteiger partial charge in [0.05, 0.1) is 5.92 Å². The minimum Gasteiger partial charge on any atom is -0.486 e. The molecule has 2 aliphatic rings. The van der Waals surface area contributed by atoms with Crippen LogP contribution in [0.25, 0.3) is 0 Å². The van der Waals surface area contributed by atoms with Crippen molar-refractivity contribution >= 4 is 23.4 Å². The van der Waals surface area contributed by atoms with Gasteiger partial charge < -0.3 is 14.4 Å². The van der Waals surface area contributed by atoms with Crippen LogP contribution in [0.2, 0.25) is 0 Å². The van der Waals surface area contributed by atoms with E-state index in [9.17, 15) is 18.8 Å². The zero-order chi connectivity index (χ0) is 20.4. The number of carbonyl (C=O) groups excluding carboxylic acids is 3. The van der Waals surface area contributed by atoms with Crippen molar-refractivity contribution in [2.45, 2.75) is 6.42 Å². The van der Waals surface area contributed by atoms with Crippen LogP contribution in [-0.4, -0.2) is 37.5 Å². The number of hydrogen-bond acceptors (Lipinski definition) is 5. The largest absolute Gasteiger partial charge is 0.486 e. The third-order valence-corrected chi connectivity index (χ3v) is 4.74. The molecule has 3 amide bonds. The highest BCUT2D eigenvalue weighted by Crippen LogP contribution is 2.35. The van der Waals surface area contributed by atoms with Crippen LogP contribution in [0, 0.1) is 11.7 Å². The van der Waals surface area contributed by atoms with Crippen LogP contribution < -0.4 is 25.2 Å². The molecule has 0 bridgehead atoms. The van der Waals surface area contributed by atoms with Gasteiger partial charge in [0.15, 0.2) is 11.5 Å². The number of nitrogens with one attached hydrogen (secondary N) is 2. The quantitative estimate of drug-likeness (QED) is 0.761. The third-order valence-electron chi connectivity index (χ3n) is 4.74. The van der Waals surface area contributed by atoms with Gasteiger partial charge in [-0.25, -0.2) is 4.39 Å². The number of rotatable bonds is 3. The fourth-order valence-electron chi connectivity index (χ4n) is 3.23. The molecule has 2 heterocycles. The summed E-state index contributed by atoms with van der Waals surface area (Å²) in [6.07, 6.45) is 0.0205. The number of hydrazine groups is 1. The lowest BCUT2D eigenvalue weighted by Crippen LogP contribution is -2.45. The predicted molar refractivity (Wildman–Crippen MR) is 99.9 cm³/mol. The Labute approximate surface area is 165 Å². The number of benzene rings is 2. The van der Waals surface area contributed by atoms with Gasteiger partial charge in [0.25, 0.3) is 5.91 Å². The predicted octanol–water partition coefficient (Wildman–Crippen LogP) is 1.41. The van der Waals surface area contributed by atoms with E-state index in [1.807, 2.05) is 0 Å². The van der Waals surface area contributed by atoms with Crippen LogP contribution in [0.5, 0.6) is 11.5 Å². The smallest absolute Gasteiger partial charge is 0.269 e. The number of fused-ring (bicyclic) bond motifs is 1. The Morgan fingerprint density at radius 1 is 1.00 bits per heavy atom. The first-order valence-electron chi connectivity index (χ1n) is 9.07. The van der Waals surface area contributed by atoms with E-state index < -0.39 is 23.5 Å². The van der Waals surface area contributed by atoms with Gasteiger partial charge in [-0.15, -0.1) is 0 Å². The lowest BCUT2D eigenvalue weighted by molar-refractivity contribution is -0.126. The minimum atomic E-state index is -0.621. The summed E-state index contributed by atoms with van der Waals surface area (Å²) in [7, 11) is 0.